The SMILES string of the molecule is Cc1ccc2nc(Cl)cc(Oc3ccc4c(c3)COB4O)c2c1. The lowest BCUT2D eigenvalue weighted by Gasteiger charge is -2.11. The number of halogens is 1. The van der Waals surface area contributed by atoms with E-state index >= 15 is 0 Å². The van der Waals surface area contributed by atoms with Crippen molar-refractivity contribution in [2.75, 3.05) is 0 Å². The number of nitrogens with zero attached hydrogens (tertiary/aromatic N) is 1. The van der Waals surface area contributed by atoms with Crippen molar-refractivity contribution < 1.29 is 14.4 Å². The smallest absolute Gasteiger partial charge is 0.457 e. The van der Waals surface area contributed by atoms with Gasteiger partial charge >= 0.3 is 7.12 Å². The molecule has 3 aromatic rings. The summed E-state index contributed by atoms with van der Waals surface area (Å²) >= 11 is 6.10. The van der Waals surface area contributed by atoms with Gasteiger partial charge in [-0.05, 0) is 42.2 Å². The van der Waals surface area contributed by atoms with Gasteiger partial charge in [0.1, 0.15) is 16.7 Å². The van der Waals surface area contributed by atoms with Crippen molar-refractivity contribution in [1.82, 2.24) is 4.98 Å². The van der Waals surface area contributed by atoms with Crippen LogP contribution in [0.15, 0.2) is 42.5 Å². The lowest BCUT2D eigenvalue weighted by Crippen LogP contribution is -2.27. The van der Waals surface area contributed by atoms with Crippen LogP contribution in [0.1, 0.15) is 11.1 Å². The van der Waals surface area contributed by atoms with Crippen molar-refractivity contribution in [3.8, 4) is 11.5 Å². The molecule has 1 aliphatic heterocycles. The highest BCUT2D eigenvalue weighted by Crippen LogP contribution is 2.32. The Morgan fingerprint density at radius 2 is 2.09 bits per heavy atom. The van der Waals surface area contributed by atoms with Gasteiger partial charge in [0.2, 0.25) is 0 Å². The number of hydrogen-bond donors (Lipinski definition) is 1. The van der Waals surface area contributed by atoms with E-state index in [1.807, 2.05) is 43.3 Å². The molecule has 1 aliphatic rings. The van der Waals surface area contributed by atoms with Crippen LogP contribution in [0.25, 0.3) is 10.9 Å². The topological polar surface area (TPSA) is 51.6 Å². The van der Waals surface area contributed by atoms with Crippen LogP contribution < -0.4 is 10.2 Å². The second-order valence-corrected chi connectivity index (χ2v) is 5.98. The van der Waals surface area contributed by atoms with E-state index in [2.05, 4.69) is 4.98 Å². The van der Waals surface area contributed by atoms with E-state index in [-0.39, 0.29) is 0 Å². The molecule has 0 saturated carbocycles. The third-order valence-corrected chi connectivity index (χ3v) is 4.09. The molecule has 0 atom stereocenters. The first-order valence-corrected chi connectivity index (χ1v) is 7.65. The summed E-state index contributed by atoms with van der Waals surface area (Å²) in [6, 6.07) is 13.2. The summed E-state index contributed by atoms with van der Waals surface area (Å²) in [6.45, 7) is 2.40. The third-order valence-electron chi connectivity index (χ3n) is 3.90. The maximum Gasteiger partial charge on any atom is 0.491 e. The number of ether oxygens (including phenoxy) is 1. The van der Waals surface area contributed by atoms with E-state index in [4.69, 9.17) is 21.0 Å². The monoisotopic (exact) mass is 325 g/mol. The van der Waals surface area contributed by atoms with Gasteiger partial charge in [0.25, 0.3) is 0 Å². The molecule has 2 heterocycles. The van der Waals surface area contributed by atoms with E-state index < -0.39 is 7.12 Å². The second-order valence-electron chi connectivity index (χ2n) is 5.59. The highest BCUT2D eigenvalue weighted by molar-refractivity contribution is 6.61. The third kappa shape index (κ3) is 2.67. The summed E-state index contributed by atoms with van der Waals surface area (Å²) in [5.41, 5.74) is 3.62. The molecular weight excluding hydrogens is 312 g/mol. The van der Waals surface area contributed by atoms with Gasteiger partial charge in [-0.25, -0.2) is 4.98 Å². The van der Waals surface area contributed by atoms with E-state index in [1.165, 1.54) is 0 Å². The molecule has 0 saturated heterocycles. The quantitative estimate of drug-likeness (QED) is 0.581. The Kier molecular flexibility index (Phi) is 3.49. The normalized spacial score (nSPS) is 13.4. The molecule has 0 fully saturated rings. The van der Waals surface area contributed by atoms with Crippen LogP contribution in [0, 0.1) is 6.92 Å². The van der Waals surface area contributed by atoms with Gasteiger partial charge in [0.05, 0.1) is 12.1 Å². The molecule has 2 aromatic carbocycles. The predicted molar refractivity (Wildman–Crippen MR) is 90.4 cm³/mol. The zero-order chi connectivity index (χ0) is 16.0. The van der Waals surface area contributed by atoms with Gasteiger partial charge < -0.3 is 14.4 Å². The van der Waals surface area contributed by atoms with Gasteiger partial charge in [-0.2, -0.15) is 0 Å². The zero-order valence-corrected chi connectivity index (χ0v) is 13.2. The minimum atomic E-state index is -0.849. The average molecular weight is 326 g/mol. The Morgan fingerprint density at radius 1 is 1.22 bits per heavy atom. The average Bonchev–Trinajstić information content (AvgIpc) is 2.89. The van der Waals surface area contributed by atoms with Crippen molar-refractivity contribution >= 4 is 35.1 Å². The molecule has 4 rings (SSSR count). The Labute approximate surface area is 138 Å². The van der Waals surface area contributed by atoms with Crippen LogP contribution in [0.4, 0.5) is 0 Å². The van der Waals surface area contributed by atoms with E-state index in [0.29, 0.717) is 23.3 Å². The molecule has 1 N–H and O–H groups in total. The largest absolute Gasteiger partial charge is 0.491 e. The number of hydrogen-bond acceptors (Lipinski definition) is 4. The van der Waals surface area contributed by atoms with E-state index in [0.717, 1.165) is 27.5 Å². The number of benzene rings is 2. The van der Waals surface area contributed by atoms with Crippen molar-refractivity contribution in [3.05, 3.63) is 58.7 Å². The minimum absolute atomic E-state index is 0.380. The molecule has 0 aliphatic carbocycles. The van der Waals surface area contributed by atoms with Crippen LogP contribution in [0.3, 0.4) is 0 Å². The summed E-state index contributed by atoms with van der Waals surface area (Å²) in [4.78, 5) is 4.32. The van der Waals surface area contributed by atoms with Crippen molar-refractivity contribution in [3.63, 3.8) is 0 Å². The fourth-order valence-electron chi connectivity index (χ4n) is 2.76. The number of aromatic nitrogens is 1. The van der Waals surface area contributed by atoms with Crippen LogP contribution in [0.2, 0.25) is 5.15 Å². The maximum atomic E-state index is 9.68. The lowest BCUT2D eigenvalue weighted by molar-refractivity contribution is 0.275. The van der Waals surface area contributed by atoms with Crippen molar-refractivity contribution in [2.24, 2.45) is 0 Å². The molecule has 0 amide bonds. The first-order chi connectivity index (χ1) is 11.1. The van der Waals surface area contributed by atoms with Gasteiger partial charge in [0.15, 0.2) is 0 Å². The fourth-order valence-corrected chi connectivity index (χ4v) is 2.95. The van der Waals surface area contributed by atoms with E-state index in [9.17, 15) is 5.02 Å². The first-order valence-electron chi connectivity index (χ1n) is 7.27. The summed E-state index contributed by atoms with van der Waals surface area (Å²) in [5.74, 6) is 1.33. The van der Waals surface area contributed by atoms with Gasteiger partial charge in [-0.15, -0.1) is 0 Å². The van der Waals surface area contributed by atoms with Crippen LogP contribution in [-0.2, 0) is 11.3 Å². The summed E-state index contributed by atoms with van der Waals surface area (Å²) in [5, 5.41) is 11.0. The first kappa shape index (κ1) is 14.5. The molecule has 23 heavy (non-hydrogen) atoms. The summed E-state index contributed by atoms with van der Waals surface area (Å²) in [6.07, 6.45) is 0. The molecule has 0 unspecified atom stereocenters. The number of fused-ring (bicyclic) bond motifs is 2. The number of pyridine rings is 1. The maximum absolute atomic E-state index is 9.68. The standard InChI is InChI=1S/C17H13BClNO3/c1-10-2-5-15-13(6-10)16(8-17(19)20-15)23-12-3-4-14-11(7-12)9-22-18(14)21/h2-8,21H,9H2,1H3. The van der Waals surface area contributed by atoms with Crippen LogP contribution >= 0.6 is 11.6 Å². The number of rotatable bonds is 2. The van der Waals surface area contributed by atoms with Gasteiger partial charge in [-0.3, -0.25) is 0 Å². The Hall–Kier alpha value is -2.08. The second kappa shape index (κ2) is 5.53. The van der Waals surface area contributed by atoms with Gasteiger partial charge in [-0.1, -0.05) is 29.3 Å². The molecule has 0 radical (unpaired) electrons. The number of aryl methyl sites for hydroxylation is 1. The highest BCUT2D eigenvalue weighted by Gasteiger charge is 2.27. The van der Waals surface area contributed by atoms with Crippen LogP contribution in [-0.4, -0.2) is 17.1 Å². The molecule has 1 aromatic heterocycles. The molecule has 114 valence electrons. The molecule has 0 bridgehead atoms. The molecule has 4 nitrogen and oxygen atoms in total. The van der Waals surface area contributed by atoms with Crippen molar-refractivity contribution in [2.45, 2.75) is 13.5 Å². The predicted octanol–water partition coefficient (Wildman–Crippen LogP) is 3.21. The minimum Gasteiger partial charge on any atom is -0.457 e. The molecular formula is C17H13BClNO3. The Balaban J connectivity index is 1.77. The van der Waals surface area contributed by atoms with Gasteiger partial charge in [0, 0.05) is 11.5 Å². The molecule has 0 spiro atoms. The lowest BCUT2D eigenvalue weighted by atomic mass is 9.80. The Bertz CT molecular complexity index is 916. The van der Waals surface area contributed by atoms with Crippen LogP contribution in [0.5, 0.6) is 11.5 Å². The van der Waals surface area contributed by atoms with Crippen molar-refractivity contribution in [1.29, 1.82) is 0 Å². The Morgan fingerprint density at radius 3 is 2.96 bits per heavy atom. The van der Waals surface area contributed by atoms with E-state index in [1.54, 1.807) is 6.07 Å². The highest BCUT2D eigenvalue weighted by atomic mass is 35.5. The summed E-state index contributed by atoms with van der Waals surface area (Å²) < 4.78 is 11.2. The zero-order valence-electron chi connectivity index (χ0n) is 12.4. The fraction of sp³-hybridized carbons (Fsp3) is 0.118. The summed E-state index contributed by atoms with van der Waals surface area (Å²) in [7, 11) is -0.849. The molecule has 6 heteroatoms.